The summed E-state index contributed by atoms with van der Waals surface area (Å²) in [5.41, 5.74) is -0.376. The maximum Gasteiger partial charge on any atom is 0.303 e. The monoisotopic (exact) mass is 360 g/mol. The first kappa shape index (κ1) is 23.9. The highest BCUT2D eigenvalue weighted by Gasteiger charge is 2.21. The van der Waals surface area contributed by atoms with Gasteiger partial charge in [-0.25, -0.2) is 0 Å². The molecular formula is C19H36O6. The van der Waals surface area contributed by atoms with E-state index in [1.165, 1.54) is 0 Å². The summed E-state index contributed by atoms with van der Waals surface area (Å²) in [7, 11) is 0. The zero-order valence-corrected chi connectivity index (χ0v) is 16.3. The van der Waals surface area contributed by atoms with E-state index in [1.807, 2.05) is 27.7 Å². The first-order valence-electron chi connectivity index (χ1n) is 9.13. The van der Waals surface area contributed by atoms with Crippen LogP contribution < -0.4 is 0 Å². The van der Waals surface area contributed by atoms with Gasteiger partial charge in [-0.05, 0) is 42.9 Å². The van der Waals surface area contributed by atoms with Crippen molar-refractivity contribution < 1.29 is 29.3 Å². The van der Waals surface area contributed by atoms with Crippen LogP contribution in [0.15, 0.2) is 0 Å². The van der Waals surface area contributed by atoms with Gasteiger partial charge >= 0.3 is 11.9 Å². The smallest absolute Gasteiger partial charge is 0.303 e. The van der Waals surface area contributed by atoms with Crippen molar-refractivity contribution in [2.75, 3.05) is 26.4 Å². The molecule has 0 aromatic carbocycles. The third-order valence-electron chi connectivity index (χ3n) is 4.12. The van der Waals surface area contributed by atoms with Crippen molar-refractivity contribution in [3.63, 3.8) is 0 Å². The summed E-state index contributed by atoms with van der Waals surface area (Å²) in [5, 5.41) is 17.6. The highest BCUT2D eigenvalue weighted by molar-refractivity contribution is 5.67. The second-order valence-corrected chi connectivity index (χ2v) is 8.25. The molecular weight excluding hydrogens is 324 g/mol. The van der Waals surface area contributed by atoms with Crippen LogP contribution >= 0.6 is 0 Å². The lowest BCUT2D eigenvalue weighted by Gasteiger charge is -2.22. The SMILES string of the molecule is CC(C)(CCCOCCCOCCCC(C)(C)CC(=O)O)CC(=O)O. The number of ether oxygens (including phenoxy) is 2. The van der Waals surface area contributed by atoms with Crippen LogP contribution in [-0.4, -0.2) is 48.6 Å². The van der Waals surface area contributed by atoms with Crippen LogP contribution in [-0.2, 0) is 19.1 Å². The lowest BCUT2D eigenvalue weighted by atomic mass is 9.84. The number of carbonyl (C=O) groups is 2. The molecule has 0 rings (SSSR count). The first-order chi connectivity index (χ1) is 11.5. The van der Waals surface area contributed by atoms with E-state index in [2.05, 4.69) is 0 Å². The minimum Gasteiger partial charge on any atom is -0.481 e. The Hall–Kier alpha value is -1.14. The molecule has 148 valence electrons. The molecule has 0 aliphatic heterocycles. The van der Waals surface area contributed by atoms with Gasteiger partial charge in [0.15, 0.2) is 0 Å². The Morgan fingerprint density at radius 1 is 0.680 bits per heavy atom. The predicted octanol–water partition coefficient (Wildman–Crippen LogP) is 3.97. The molecule has 6 nitrogen and oxygen atoms in total. The average molecular weight is 360 g/mol. The van der Waals surface area contributed by atoms with Gasteiger partial charge in [0.25, 0.3) is 0 Å². The number of rotatable bonds is 16. The van der Waals surface area contributed by atoms with E-state index in [4.69, 9.17) is 19.7 Å². The van der Waals surface area contributed by atoms with Gasteiger partial charge in [0, 0.05) is 26.4 Å². The summed E-state index contributed by atoms with van der Waals surface area (Å²) in [6.45, 7) is 10.4. The Balaban J connectivity index is 3.45. The van der Waals surface area contributed by atoms with Gasteiger partial charge in [-0.15, -0.1) is 0 Å². The van der Waals surface area contributed by atoms with Crippen molar-refractivity contribution in [2.24, 2.45) is 10.8 Å². The molecule has 0 heterocycles. The second kappa shape index (κ2) is 12.3. The van der Waals surface area contributed by atoms with Gasteiger partial charge < -0.3 is 19.7 Å². The molecule has 0 amide bonds. The first-order valence-corrected chi connectivity index (χ1v) is 9.13. The van der Waals surface area contributed by atoms with Crippen LogP contribution in [0.25, 0.3) is 0 Å². The fraction of sp³-hybridized carbons (Fsp3) is 0.895. The Labute approximate surface area is 151 Å². The van der Waals surface area contributed by atoms with Gasteiger partial charge in [-0.1, -0.05) is 27.7 Å². The van der Waals surface area contributed by atoms with E-state index >= 15 is 0 Å². The summed E-state index contributed by atoms with van der Waals surface area (Å²) in [4.78, 5) is 21.5. The third kappa shape index (κ3) is 16.1. The molecule has 0 fully saturated rings. The lowest BCUT2D eigenvalue weighted by molar-refractivity contribution is -0.140. The molecule has 0 aliphatic carbocycles. The van der Waals surface area contributed by atoms with Crippen molar-refractivity contribution in [1.29, 1.82) is 0 Å². The van der Waals surface area contributed by atoms with Crippen LogP contribution in [0.2, 0.25) is 0 Å². The molecule has 0 bridgehead atoms. The van der Waals surface area contributed by atoms with Gasteiger partial charge in [0.05, 0.1) is 12.8 Å². The van der Waals surface area contributed by atoms with Gasteiger partial charge in [-0.3, -0.25) is 9.59 Å². The van der Waals surface area contributed by atoms with Crippen molar-refractivity contribution >= 4 is 11.9 Å². The third-order valence-corrected chi connectivity index (χ3v) is 4.12. The lowest BCUT2D eigenvalue weighted by Crippen LogP contribution is -2.17. The Morgan fingerprint density at radius 2 is 1.00 bits per heavy atom. The molecule has 0 aromatic heterocycles. The van der Waals surface area contributed by atoms with Crippen LogP contribution in [0.3, 0.4) is 0 Å². The fourth-order valence-electron chi connectivity index (χ4n) is 2.77. The summed E-state index contributed by atoms with van der Waals surface area (Å²) in [5.74, 6) is -1.51. The number of hydrogen-bond acceptors (Lipinski definition) is 4. The Bertz CT molecular complexity index is 353. The molecule has 6 heteroatoms. The van der Waals surface area contributed by atoms with Gasteiger partial charge in [0.1, 0.15) is 0 Å². The van der Waals surface area contributed by atoms with Crippen molar-refractivity contribution in [1.82, 2.24) is 0 Å². The molecule has 0 saturated carbocycles. The molecule has 0 atom stereocenters. The molecule has 0 aromatic rings. The largest absolute Gasteiger partial charge is 0.481 e. The summed E-state index contributed by atoms with van der Waals surface area (Å²) in [6, 6.07) is 0. The second-order valence-electron chi connectivity index (χ2n) is 8.25. The highest BCUT2D eigenvalue weighted by Crippen LogP contribution is 2.27. The van der Waals surface area contributed by atoms with Crippen LogP contribution in [0.4, 0.5) is 0 Å². The standard InChI is InChI=1S/C19H36O6/c1-18(2,14-16(20)21)8-5-10-24-12-7-13-25-11-6-9-19(3,4)15-17(22)23/h5-15H2,1-4H3,(H,20,21)(H,22,23). The average Bonchev–Trinajstić information content (AvgIpc) is 2.41. The topological polar surface area (TPSA) is 93.1 Å². The molecule has 0 aliphatic rings. The number of aliphatic carboxylic acids is 2. The highest BCUT2D eigenvalue weighted by atomic mass is 16.5. The van der Waals surface area contributed by atoms with E-state index in [0.29, 0.717) is 26.4 Å². The normalized spacial score (nSPS) is 12.3. The van der Waals surface area contributed by atoms with Crippen LogP contribution in [0.5, 0.6) is 0 Å². The molecule has 0 radical (unpaired) electrons. The van der Waals surface area contributed by atoms with Gasteiger partial charge in [0.2, 0.25) is 0 Å². The van der Waals surface area contributed by atoms with E-state index in [-0.39, 0.29) is 23.7 Å². The predicted molar refractivity (Wildman–Crippen MR) is 96.8 cm³/mol. The van der Waals surface area contributed by atoms with Crippen LogP contribution in [0.1, 0.15) is 72.6 Å². The zero-order chi connectivity index (χ0) is 19.3. The molecule has 0 saturated heterocycles. The summed E-state index contributed by atoms with van der Waals surface area (Å²) < 4.78 is 11.1. The Morgan fingerprint density at radius 3 is 1.32 bits per heavy atom. The van der Waals surface area contributed by atoms with Gasteiger partial charge in [-0.2, -0.15) is 0 Å². The van der Waals surface area contributed by atoms with Crippen molar-refractivity contribution in [3.05, 3.63) is 0 Å². The van der Waals surface area contributed by atoms with E-state index < -0.39 is 11.9 Å². The van der Waals surface area contributed by atoms with E-state index in [9.17, 15) is 9.59 Å². The molecule has 2 N–H and O–H groups in total. The minimum absolute atomic E-state index is 0.185. The fourth-order valence-corrected chi connectivity index (χ4v) is 2.77. The molecule has 0 spiro atoms. The summed E-state index contributed by atoms with van der Waals surface area (Å²) >= 11 is 0. The number of carboxylic acid groups (broad SMARTS) is 2. The number of hydrogen-bond donors (Lipinski definition) is 2. The van der Waals surface area contributed by atoms with Crippen molar-refractivity contribution in [2.45, 2.75) is 72.6 Å². The number of carboxylic acids is 2. The summed E-state index contributed by atoms with van der Waals surface area (Å²) in [6.07, 6.45) is 4.59. The van der Waals surface area contributed by atoms with Crippen LogP contribution in [0, 0.1) is 10.8 Å². The van der Waals surface area contributed by atoms with E-state index in [0.717, 1.165) is 32.1 Å². The maximum atomic E-state index is 10.7. The Kier molecular flexibility index (Phi) is 11.7. The molecule has 0 unspecified atom stereocenters. The quantitative estimate of drug-likeness (QED) is 0.405. The maximum absolute atomic E-state index is 10.7. The minimum atomic E-state index is -0.755. The molecule has 25 heavy (non-hydrogen) atoms. The van der Waals surface area contributed by atoms with Crippen molar-refractivity contribution in [3.8, 4) is 0 Å². The zero-order valence-electron chi connectivity index (χ0n) is 16.3. The van der Waals surface area contributed by atoms with E-state index in [1.54, 1.807) is 0 Å².